The lowest BCUT2D eigenvalue weighted by Crippen LogP contribution is -2.14. The Labute approximate surface area is 101 Å². The van der Waals surface area contributed by atoms with Crippen LogP contribution in [0.15, 0.2) is 34.8 Å². The van der Waals surface area contributed by atoms with Gasteiger partial charge in [0, 0.05) is 29.2 Å². The van der Waals surface area contributed by atoms with Gasteiger partial charge >= 0.3 is 5.97 Å². The molecule has 0 aliphatic rings. The molecule has 0 aliphatic heterocycles. The Morgan fingerprint density at radius 1 is 1.56 bits per heavy atom. The Bertz CT molecular complexity index is 407. The van der Waals surface area contributed by atoms with Gasteiger partial charge in [0.05, 0.1) is 0 Å². The van der Waals surface area contributed by atoms with Crippen LogP contribution in [0.3, 0.4) is 0 Å². The van der Waals surface area contributed by atoms with Crippen LogP contribution in [0.25, 0.3) is 0 Å². The monoisotopic (exact) mass is 287 g/mol. The molecule has 1 aromatic carbocycles. The quantitative estimate of drug-likeness (QED) is 0.645. The van der Waals surface area contributed by atoms with Gasteiger partial charge in [-0.15, -0.1) is 0 Å². The highest BCUT2D eigenvalue weighted by molar-refractivity contribution is 9.10. The minimum absolute atomic E-state index is 0.280. The molecule has 5 heteroatoms. The highest BCUT2D eigenvalue weighted by Gasteiger charge is 2.01. The zero-order valence-corrected chi connectivity index (χ0v) is 10.00. The molecule has 0 saturated carbocycles. The second kappa shape index (κ2) is 6.40. The lowest BCUT2D eigenvalue weighted by molar-refractivity contribution is -0.131. The standard InChI is InChI=1S/C11H11BrFNO2/c12-9-3-4-10(13)8(6-9)7-14-5-1-2-11(15)16/h1-4,6,14H,5,7H2,(H,15,16)/b2-1+. The number of hydrogen-bond acceptors (Lipinski definition) is 2. The fourth-order valence-electron chi connectivity index (χ4n) is 1.13. The zero-order valence-electron chi connectivity index (χ0n) is 8.41. The Morgan fingerprint density at radius 3 is 3.00 bits per heavy atom. The third-order valence-corrected chi connectivity index (χ3v) is 2.34. The maximum Gasteiger partial charge on any atom is 0.328 e. The van der Waals surface area contributed by atoms with Crippen molar-refractivity contribution in [1.82, 2.24) is 5.32 Å². The fourth-order valence-corrected chi connectivity index (χ4v) is 1.54. The van der Waals surface area contributed by atoms with Gasteiger partial charge in [0.1, 0.15) is 5.82 Å². The van der Waals surface area contributed by atoms with Crippen LogP contribution >= 0.6 is 15.9 Å². The van der Waals surface area contributed by atoms with Crippen molar-refractivity contribution >= 4 is 21.9 Å². The number of carboxylic acid groups (broad SMARTS) is 1. The molecule has 0 bridgehead atoms. The molecule has 2 N–H and O–H groups in total. The summed E-state index contributed by atoms with van der Waals surface area (Å²) in [5.74, 6) is -1.27. The van der Waals surface area contributed by atoms with Gasteiger partial charge in [0.25, 0.3) is 0 Å². The normalized spacial score (nSPS) is 10.9. The fraction of sp³-hybridized carbons (Fsp3) is 0.182. The van der Waals surface area contributed by atoms with Crippen LogP contribution in [0.4, 0.5) is 4.39 Å². The van der Waals surface area contributed by atoms with Crippen LogP contribution in [0.5, 0.6) is 0 Å². The van der Waals surface area contributed by atoms with E-state index in [1.54, 1.807) is 12.1 Å². The van der Waals surface area contributed by atoms with Crippen LogP contribution in [0, 0.1) is 5.82 Å². The number of hydrogen-bond donors (Lipinski definition) is 2. The van der Waals surface area contributed by atoms with E-state index in [0.29, 0.717) is 18.7 Å². The molecule has 0 unspecified atom stereocenters. The average Bonchev–Trinajstić information content (AvgIpc) is 2.22. The summed E-state index contributed by atoms with van der Waals surface area (Å²) in [5, 5.41) is 11.2. The molecule has 16 heavy (non-hydrogen) atoms. The Kier molecular flexibility index (Phi) is 5.14. The van der Waals surface area contributed by atoms with E-state index < -0.39 is 5.97 Å². The smallest absolute Gasteiger partial charge is 0.328 e. The molecular weight excluding hydrogens is 277 g/mol. The molecular formula is C11H11BrFNO2. The van der Waals surface area contributed by atoms with Crippen molar-refractivity contribution < 1.29 is 14.3 Å². The number of benzene rings is 1. The molecule has 86 valence electrons. The number of carboxylic acids is 1. The van der Waals surface area contributed by atoms with Crippen LogP contribution in [0.2, 0.25) is 0 Å². The average molecular weight is 288 g/mol. The van der Waals surface area contributed by atoms with E-state index in [1.807, 2.05) is 0 Å². The van der Waals surface area contributed by atoms with Crippen molar-refractivity contribution in [3.63, 3.8) is 0 Å². The first kappa shape index (κ1) is 12.9. The molecule has 3 nitrogen and oxygen atoms in total. The highest BCUT2D eigenvalue weighted by atomic mass is 79.9. The summed E-state index contributed by atoms with van der Waals surface area (Å²) in [6.07, 6.45) is 2.52. The van der Waals surface area contributed by atoms with Crippen LogP contribution in [0.1, 0.15) is 5.56 Å². The van der Waals surface area contributed by atoms with E-state index in [0.717, 1.165) is 10.5 Å². The summed E-state index contributed by atoms with van der Waals surface area (Å²) in [6, 6.07) is 4.70. The number of carbonyl (C=O) groups is 1. The molecule has 1 aromatic rings. The van der Waals surface area contributed by atoms with Crippen molar-refractivity contribution in [3.8, 4) is 0 Å². The Balaban J connectivity index is 2.43. The summed E-state index contributed by atoms with van der Waals surface area (Å²) in [4.78, 5) is 10.2. The van der Waals surface area contributed by atoms with Gasteiger partial charge in [-0.05, 0) is 18.2 Å². The maximum atomic E-state index is 13.2. The summed E-state index contributed by atoms with van der Waals surface area (Å²) in [5.41, 5.74) is 0.540. The molecule has 0 aliphatic carbocycles. The van der Waals surface area contributed by atoms with E-state index in [2.05, 4.69) is 21.2 Å². The van der Waals surface area contributed by atoms with Gasteiger partial charge in [-0.1, -0.05) is 22.0 Å². The second-order valence-electron chi connectivity index (χ2n) is 3.11. The molecule has 0 amide bonds. The molecule has 0 aromatic heterocycles. The molecule has 0 saturated heterocycles. The number of aliphatic carboxylic acids is 1. The second-order valence-corrected chi connectivity index (χ2v) is 4.02. The van der Waals surface area contributed by atoms with E-state index in [-0.39, 0.29) is 5.82 Å². The SMILES string of the molecule is O=C(O)/C=C/CNCc1cc(Br)ccc1F. The Morgan fingerprint density at radius 2 is 2.31 bits per heavy atom. The minimum atomic E-state index is -0.990. The first-order valence-electron chi connectivity index (χ1n) is 4.63. The van der Waals surface area contributed by atoms with Gasteiger partial charge in [-0.3, -0.25) is 0 Å². The maximum absolute atomic E-state index is 13.2. The number of halogens is 2. The van der Waals surface area contributed by atoms with E-state index in [9.17, 15) is 9.18 Å². The van der Waals surface area contributed by atoms with E-state index in [4.69, 9.17) is 5.11 Å². The lowest BCUT2D eigenvalue weighted by atomic mass is 10.2. The van der Waals surface area contributed by atoms with Gasteiger partial charge in [0.2, 0.25) is 0 Å². The lowest BCUT2D eigenvalue weighted by Gasteiger charge is -2.04. The topological polar surface area (TPSA) is 49.3 Å². The van der Waals surface area contributed by atoms with Crippen molar-refractivity contribution in [2.45, 2.75) is 6.54 Å². The zero-order chi connectivity index (χ0) is 12.0. The molecule has 0 atom stereocenters. The first-order valence-corrected chi connectivity index (χ1v) is 5.43. The largest absolute Gasteiger partial charge is 0.478 e. The van der Waals surface area contributed by atoms with Crippen LogP contribution in [-0.4, -0.2) is 17.6 Å². The van der Waals surface area contributed by atoms with Crippen molar-refractivity contribution in [1.29, 1.82) is 0 Å². The Hall–Kier alpha value is -1.20. The number of nitrogens with one attached hydrogen (secondary N) is 1. The van der Waals surface area contributed by atoms with E-state index in [1.165, 1.54) is 12.1 Å². The number of rotatable bonds is 5. The van der Waals surface area contributed by atoms with Gasteiger partial charge in [-0.2, -0.15) is 0 Å². The highest BCUT2D eigenvalue weighted by Crippen LogP contribution is 2.15. The summed E-state index contributed by atoms with van der Waals surface area (Å²) >= 11 is 3.25. The molecule has 0 fully saturated rings. The van der Waals surface area contributed by atoms with Gasteiger partial charge < -0.3 is 10.4 Å². The summed E-state index contributed by atoms with van der Waals surface area (Å²) in [7, 11) is 0. The van der Waals surface area contributed by atoms with Crippen LogP contribution in [-0.2, 0) is 11.3 Å². The van der Waals surface area contributed by atoms with Gasteiger partial charge in [-0.25, -0.2) is 9.18 Å². The predicted octanol–water partition coefficient (Wildman–Crippen LogP) is 2.32. The van der Waals surface area contributed by atoms with Gasteiger partial charge in [0.15, 0.2) is 0 Å². The third-order valence-electron chi connectivity index (χ3n) is 1.85. The summed E-state index contributed by atoms with van der Waals surface area (Å²) < 4.78 is 14.0. The predicted molar refractivity (Wildman–Crippen MR) is 62.6 cm³/mol. The summed E-state index contributed by atoms with van der Waals surface area (Å²) in [6.45, 7) is 0.744. The third kappa shape index (κ3) is 4.55. The van der Waals surface area contributed by atoms with Crippen LogP contribution < -0.4 is 5.32 Å². The first-order chi connectivity index (χ1) is 7.59. The molecule has 0 spiro atoms. The molecule has 0 radical (unpaired) electrons. The van der Waals surface area contributed by atoms with Crippen molar-refractivity contribution in [3.05, 3.63) is 46.2 Å². The molecule has 0 heterocycles. The molecule has 1 rings (SSSR count). The van der Waals surface area contributed by atoms with Crippen molar-refractivity contribution in [2.75, 3.05) is 6.54 Å². The van der Waals surface area contributed by atoms with E-state index >= 15 is 0 Å². The minimum Gasteiger partial charge on any atom is -0.478 e. The van der Waals surface area contributed by atoms with Crippen molar-refractivity contribution in [2.24, 2.45) is 0 Å².